The molecule has 3 saturated heterocycles. The first-order valence-electron chi connectivity index (χ1n) is 12.4. The van der Waals surface area contributed by atoms with E-state index in [9.17, 15) is 15.3 Å². The maximum Gasteiger partial charge on any atom is 0.202 e. The van der Waals surface area contributed by atoms with Gasteiger partial charge < -0.3 is 48.5 Å². The van der Waals surface area contributed by atoms with E-state index in [0.29, 0.717) is 18.6 Å². The zero-order valence-electron chi connectivity index (χ0n) is 20.7. The fourth-order valence-electron chi connectivity index (χ4n) is 4.74. The van der Waals surface area contributed by atoms with Crippen LogP contribution in [0.1, 0.15) is 46.5 Å². The Morgan fingerprint density at radius 1 is 0.714 bits per heavy atom. The third-order valence-electron chi connectivity index (χ3n) is 6.86. The summed E-state index contributed by atoms with van der Waals surface area (Å²) in [6.07, 6.45) is -4.99. The zero-order chi connectivity index (χ0) is 25.1. The van der Waals surface area contributed by atoms with Crippen LogP contribution in [0.5, 0.6) is 11.5 Å². The molecule has 0 aromatic heterocycles. The summed E-state index contributed by atoms with van der Waals surface area (Å²) in [6.45, 7) is 5.36. The number of ether oxygens (including phenoxy) is 7. The van der Waals surface area contributed by atoms with E-state index in [4.69, 9.17) is 33.2 Å². The molecule has 0 saturated carbocycles. The lowest BCUT2D eigenvalue weighted by Crippen LogP contribution is -2.55. The van der Waals surface area contributed by atoms with Gasteiger partial charge >= 0.3 is 0 Å². The standard InChI is InChI=1S/C25H38O10/c1-13-18(26)9-10-21(30-13)34-20-12-23(31-14(2)24(20)28)35-25-15(3)32-22(11-19(25)27)33-17-7-5-16(29-4)6-8-17/h5-8,13-15,18-28H,9-12H2,1-4H3/t13-,14+,15+,18-,19+,20+,21-,22-,23-,24+,25+/m0/s1. The molecule has 0 aliphatic carbocycles. The van der Waals surface area contributed by atoms with Crippen molar-refractivity contribution in [1.82, 2.24) is 0 Å². The Kier molecular flexibility index (Phi) is 8.88. The summed E-state index contributed by atoms with van der Waals surface area (Å²) in [4.78, 5) is 0. The minimum atomic E-state index is -0.854. The van der Waals surface area contributed by atoms with Crippen LogP contribution < -0.4 is 9.47 Å². The largest absolute Gasteiger partial charge is 0.497 e. The van der Waals surface area contributed by atoms with Crippen molar-refractivity contribution < 1.29 is 48.5 Å². The van der Waals surface area contributed by atoms with Gasteiger partial charge in [0.15, 0.2) is 12.6 Å². The van der Waals surface area contributed by atoms with Gasteiger partial charge in [0.2, 0.25) is 6.29 Å². The van der Waals surface area contributed by atoms with Crippen molar-refractivity contribution in [3.63, 3.8) is 0 Å². The number of hydrogen-bond acceptors (Lipinski definition) is 10. The van der Waals surface area contributed by atoms with Gasteiger partial charge in [0.05, 0.1) is 43.7 Å². The van der Waals surface area contributed by atoms with Crippen LogP contribution in [0.3, 0.4) is 0 Å². The second kappa shape index (κ2) is 11.7. The lowest BCUT2D eigenvalue weighted by atomic mass is 10.00. The molecule has 10 nitrogen and oxygen atoms in total. The van der Waals surface area contributed by atoms with Gasteiger partial charge in [0, 0.05) is 19.3 Å². The molecule has 3 aliphatic heterocycles. The quantitative estimate of drug-likeness (QED) is 0.512. The summed E-state index contributed by atoms with van der Waals surface area (Å²) in [5.41, 5.74) is 0. The number of aliphatic hydroxyl groups is 3. The van der Waals surface area contributed by atoms with E-state index in [1.54, 1.807) is 45.2 Å². The molecule has 4 rings (SSSR count). The Labute approximate surface area is 206 Å². The number of rotatable bonds is 7. The van der Waals surface area contributed by atoms with Gasteiger partial charge in [0.1, 0.15) is 23.7 Å². The van der Waals surface area contributed by atoms with E-state index in [-0.39, 0.29) is 18.9 Å². The van der Waals surface area contributed by atoms with E-state index in [0.717, 1.165) is 5.75 Å². The normalized spacial score (nSPS) is 42.4. The van der Waals surface area contributed by atoms with Crippen LogP contribution in [0.25, 0.3) is 0 Å². The van der Waals surface area contributed by atoms with Crippen molar-refractivity contribution in [2.45, 2.75) is 114 Å². The topological polar surface area (TPSA) is 125 Å². The molecule has 0 unspecified atom stereocenters. The zero-order valence-corrected chi connectivity index (χ0v) is 20.7. The van der Waals surface area contributed by atoms with Gasteiger partial charge in [-0.3, -0.25) is 0 Å². The highest BCUT2D eigenvalue weighted by molar-refractivity contribution is 5.31. The molecule has 198 valence electrons. The van der Waals surface area contributed by atoms with Gasteiger partial charge in [-0.2, -0.15) is 0 Å². The molecule has 0 bridgehead atoms. The molecule has 11 atom stereocenters. The number of aliphatic hydroxyl groups excluding tert-OH is 3. The summed E-state index contributed by atoms with van der Waals surface area (Å²) < 4.78 is 40.8. The molecule has 3 aliphatic rings. The SMILES string of the molecule is COc1ccc(O[C@H]2C[C@@H](O)[C@H](O[C@H]3C[C@@H](O[C@H]4CC[C@H](O)[C@H](C)O4)[C@H](O)[C@@H](C)O3)[C@@H](C)O2)cc1. The van der Waals surface area contributed by atoms with Gasteiger partial charge in [0.25, 0.3) is 0 Å². The minimum Gasteiger partial charge on any atom is -0.497 e. The molecule has 0 radical (unpaired) electrons. The molecule has 1 aromatic carbocycles. The summed E-state index contributed by atoms with van der Waals surface area (Å²) >= 11 is 0. The van der Waals surface area contributed by atoms with Crippen molar-refractivity contribution >= 4 is 0 Å². The van der Waals surface area contributed by atoms with E-state index >= 15 is 0 Å². The number of benzene rings is 1. The van der Waals surface area contributed by atoms with Crippen molar-refractivity contribution in [1.29, 1.82) is 0 Å². The molecule has 35 heavy (non-hydrogen) atoms. The maximum absolute atomic E-state index is 10.8. The van der Waals surface area contributed by atoms with Crippen molar-refractivity contribution in [3.05, 3.63) is 24.3 Å². The summed E-state index contributed by atoms with van der Waals surface area (Å²) in [6, 6.07) is 7.14. The molecular formula is C25H38O10. The molecule has 0 amide bonds. The van der Waals surface area contributed by atoms with E-state index in [1.165, 1.54) is 0 Å². The van der Waals surface area contributed by atoms with Crippen LogP contribution in [0, 0.1) is 0 Å². The predicted molar refractivity (Wildman–Crippen MR) is 123 cm³/mol. The van der Waals surface area contributed by atoms with Gasteiger partial charge in [-0.25, -0.2) is 0 Å². The van der Waals surface area contributed by atoms with E-state index in [2.05, 4.69) is 0 Å². The smallest absolute Gasteiger partial charge is 0.202 e. The van der Waals surface area contributed by atoms with Crippen LogP contribution in [0.2, 0.25) is 0 Å². The second-order valence-electron chi connectivity index (χ2n) is 9.55. The third-order valence-corrected chi connectivity index (χ3v) is 6.86. The van der Waals surface area contributed by atoms with Crippen LogP contribution in [-0.2, 0) is 23.7 Å². The Morgan fingerprint density at radius 2 is 1.37 bits per heavy atom. The van der Waals surface area contributed by atoms with Crippen molar-refractivity contribution in [2.75, 3.05) is 7.11 Å². The fourth-order valence-corrected chi connectivity index (χ4v) is 4.74. The molecule has 0 spiro atoms. The Morgan fingerprint density at radius 3 is 2.03 bits per heavy atom. The fraction of sp³-hybridized carbons (Fsp3) is 0.760. The highest BCUT2D eigenvalue weighted by Gasteiger charge is 2.44. The first-order valence-corrected chi connectivity index (χ1v) is 12.4. The summed E-state index contributed by atoms with van der Waals surface area (Å²) in [5, 5.41) is 31.3. The molecule has 10 heteroatoms. The molecule has 3 heterocycles. The van der Waals surface area contributed by atoms with Crippen LogP contribution in [-0.4, -0.2) is 90.1 Å². The number of methoxy groups -OCH3 is 1. The molecule has 3 fully saturated rings. The summed E-state index contributed by atoms with van der Waals surface area (Å²) in [5.74, 6) is 1.33. The molecule has 3 N–H and O–H groups in total. The maximum atomic E-state index is 10.8. The predicted octanol–water partition coefficient (Wildman–Crippen LogP) is 1.72. The first kappa shape index (κ1) is 26.6. The van der Waals surface area contributed by atoms with E-state index < -0.39 is 61.6 Å². The van der Waals surface area contributed by atoms with Crippen molar-refractivity contribution in [3.8, 4) is 11.5 Å². The van der Waals surface area contributed by atoms with Crippen LogP contribution in [0.4, 0.5) is 0 Å². The monoisotopic (exact) mass is 498 g/mol. The van der Waals surface area contributed by atoms with Gasteiger partial charge in [-0.1, -0.05) is 0 Å². The minimum absolute atomic E-state index is 0.224. The average molecular weight is 499 g/mol. The highest BCUT2D eigenvalue weighted by atomic mass is 16.7. The first-order chi connectivity index (χ1) is 16.7. The molecular weight excluding hydrogens is 460 g/mol. The van der Waals surface area contributed by atoms with Gasteiger partial charge in [-0.15, -0.1) is 0 Å². The van der Waals surface area contributed by atoms with Crippen LogP contribution >= 0.6 is 0 Å². The Bertz CT molecular complexity index is 779. The third kappa shape index (κ3) is 6.64. The van der Waals surface area contributed by atoms with Gasteiger partial charge in [-0.05, 0) is 51.5 Å². The average Bonchev–Trinajstić information content (AvgIpc) is 2.82. The van der Waals surface area contributed by atoms with Crippen molar-refractivity contribution in [2.24, 2.45) is 0 Å². The highest BCUT2D eigenvalue weighted by Crippen LogP contribution is 2.32. The second-order valence-corrected chi connectivity index (χ2v) is 9.55. The van der Waals surface area contributed by atoms with E-state index in [1.807, 2.05) is 6.92 Å². The Balaban J connectivity index is 1.31. The van der Waals surface area contributed by atoms with Crippen LogP contribution in [0.15, 0.2) is 24.3 Å². The molecule has 1 aromatic rings. The number of hydrogen-bond donors (Lipinski definition) is 3. The lowest BCUT2D eigenvalue weighted by Gasteiger charge is -2.44. The Hall–Kier alpha value is -1.50. The lowest BCUT2D eigenvalue weighted by molar-refractivity contribution is -0.323. The summed E-state index contributed by atoms with van der Waals surface area (Å²) in [7, 11) is 1.60.